The fraction of sp³-hybridized carbons (Fsp3) is 0.529. The average molecular weight is 345 g/mol. The van der Waals surface area contributed by atoms with E-state index in [0.29, 0.717) is 18.7 Å². The van der Waals surface area contributed by atoms with E-state index in [4.69, 9.17) is 0 Å². The molecule has 1 fully saturated rings. The van der Waals surface area contributed by atoms with Crippen molar-refractivity contribution in [2.75, 3.05) is 18.4 Å². The lowest BCUT2D eigenvalue weighted by molar-refractivity contribution is -0.143. The summed E-state index contributed by atoms with van der Waals surface area (Å²) in [4.78, 5) is 25.4. The van der Waals surface area contributed by atoms with Gasteiger partial charge in [-0.3, -0.25) is 9.20 Å². The van der Waals surface area contributed by atoms with Gasteiger partial charge in [-0.2, -0.15) is 0 Å². The van der Waals surface area contributed by atoms with Gasteiger partial charge in [0.2, 0.25) is 0 Å². The number of nitrogens with zero attached hydrogens (tertiary/aromatic N) is 4. The number of amides is 2. The molecular formula is C17H23N5O3. The molecule has 8 heteroatoms. The second-order valence-corrected chi connectivity index (χ2v) is 7.07. The van der Waals surface area contributed by atoms with Gasteiger partial charge in [0.1, 0.15) is 5.82 Å². The van der Waals surface area contributed by atoms with Gasteiger partial charge in [0.05, 0.1) is 11.6 Å². The number of hydrogen-bond donors (Lipinski definition) is 2. The third-order valence-electron chi connectivity index (χ3n) is 4.49. The molecule has 0 saturated carbocycles. The highest BCUT2D eigenvalue weighted by Crippen LogP contribution is 2.23. The van der Waals surface area contributed by atoms with E-state index in [1.165, 1.54) is 0 Å². The highest BCUT2D eigenvalue weighted by molar-refractivity contribution is 5.89. The number of hydrogen-bond acceptors (Lipinski definition) is 4. The highest BCUT2D eigenvalue weighted by Gasteiger charge is 2.31. The van der Waals surface area contributed by atoms with Crippen LogP contribution in [0.2, 0.25) is 0 Å². The van der Waals surface area contributed by atoms with E-state index in [1.54, 1.807) is 23.2 Å². The van der Waals surface area contributed by atoms with Crippen molar-refractivity contribution in [2.24, 2.45) is 11.8 Å². The lowest BCUT2D eigenvalue weighted by Crippen LogP contribution is -2.47. The van der Waals surface area contributed by atoms with Crippen LogP contribution in [0.15, 0.2) is 18.3 Å². The number of urea groups is 1. The van der Waals surface area contributed by atoms with Gasteiger partial charge in [0, 0.05) is 25.2 Å². The fourth-order valence-electron chi connectivity index (χ4n) is 3.27. The van der Waals surface area contributed by atoms with Crippen LogP contribution in [0.1, 0.15) is 38.9 Å². The van der Waals surface area contributed by atoms with E-state index in [9.17, 15) is 14.7 Å². The third-order valence-corrected chi connectivity index (χ3v) is 4.49. The highest BCUT2D eigenvalue weighted by atomic mass is 16.4. The molecule has 25 heavy (non-hydrogen) atoms. The lowest BCUT2D eigenvalue weighted by Gasteiger charge is -2.34. The van der Waals surface area contributed by atoms with Crippen LogP contribution in [-0.4, -0.2) is 49.7 Å². The number of piperidine rings is 1. The summed E-state index contributed by atoms with van der Waals surface area (Å²) in [6.45, 7) is 6.82. The van der Waals surface area contributed by atoms with E-state index in [1.807, 2.05) is 25.2 Å². The molecule has 2 N–H and O–H groups in total. The number of pyridine rings is 1. The summed E-state index contributed by atoms with van der Waals surface area (Å²) in [5.74, 6) is -0.170. The molecule has 134 valence electrons. The Balaban J connectivity index is 1.77. The van der Waals surface area contributed by atoms with Gasteiger partial charge in [0.15, 0.2) is 5.65 Å². The van der Waals surface area contributed by atoms with Crippen molar-refractivity contribution >= 4 is 23.3 Å². The summed E-state index contributed by atoms with van der Waals surface area (Å²) in [6.07, 6.45) is 2.40. The molecule has 1 aliphatic rings. The molecule has 0 aliphatic carbocycles. The molecule has 2 amide bonds. The van der Waals surface area contributed by atoms with Crippen LogP contribution >= 0.6 is 0 Å². The lowest BCUT2D eigenvalue weighted by atomic mass is 9.91. The molecule has 0 aromatic carbocycles. The van der Waals surface area contributed by atoms with Crippen molar-refractivity contribution in [3.05, 3.63) is 24.2 Å². The van der Waals surface area contributed by atoms with Gasteiger partial charge in [-0.1, -0.05) is 20.8 Å². The van der Waals surface area contributed by atoms with Gasteiger partial charge in [0.25, 0.3) is 0 Å². The Hall–Kier alpha value is -2.64. The van der Waals surface area contributed by atoms with E-state index in [0.717, 1.165) is 11.5 Å². The molecule has 3 heterocycles. The number of aromatic nitrogens is 3. The predicted molar refractivity (Wildman–Crippen MR) is 92.6 cm³/mol. The van der Waals surface area contributed by atoms with Gasteiger partial charge in [-0.15, -0.1) is 10.2 Å². The number of carbonyl (C=O) groups excluding carboxylic acids is 1. The monoisotopic (exact) mass is 345 g/mol. The smallest absolute Gasteiger partial charge is 0.321 e. The number of aliphatic carboxylic acids is 1. The number of rotatable bonds is 3. The fourth-order valence-corrected chi connectivity index (χ4v) is 3.27. The SMILES string of the molecule is CC1CC(C(=O)O)CN(C(=O)Nc2ccc3nnc(C(C)C)n3c2)C1. The molecule has 2 aromatic heterocycles. The molecule has 2 atom stereocenters. The Bertz CT molecular complexity index is 801. The Morgan fingerprint density at radius 2 is 2.04 bits per heavy atom. The number of carboxylic acids is 1. The summed E-state index contributed by atoms with van der Waals surface area (Å²) in [5.41, 5.74) is 1.35. The minimum Gasteiger partial charge on any atom is -0.481 e. The van der Waals surface area contributed by atoms with Crippen LogP contribution in [0, 0.1) is 11.8 Å². The first-order valence-corrected chi connectivity index (χ1v) is 8.48. The largest absolute Gasteiger partial charge is 0.481 e. The number of carboxylic acid groups (broad SMARTS) is 1. The number of nitrogens with one attached hydrogen (secondary N) is 1. The van der Waals surface area contributed by atoms with E-state index in [2.05, 4.69) is 15.5 Å². The third kappa shape index (κ3) is 3.57. The number of anilines is 1. The van der Waals surface area contributed by atoms with Crippen molar-refractivity contribution in [3.8, 4) is 0 Å². The summed E-state index contributed by atoms with van der Waals surface area (Å²) < 4.78 is 1.86. The summed E-state index contributed by atoms with van der Waals surface area (Å²) in [5, 5.41) is 20.4. The molecule has 3 rings (SSSR count). The Morgan fingerprint density at radius 3 is 2.72 bits per heavy atom. The summed E-state index contributed by atoms with van der Waals surface area (Å²) >= 11 is 0. The standard InChI is InChI=1S/C17H23N5O3/c1-10(2)15-20-19-14-5-4-13(9-22(14)15)18-17(25)21-7-11(3)6-12(8-21)16(23)24/h4-5,9-12H,6-8H2,1-3H3,(H,18,25)(H,23,24). The normalized spacial score (nSPS) is 20.9. The van der Waals surface area contributed by atoms with Crippen molar-refractivity contribution in [3.63, 3.8) is 0 Å². The zero-order valence-corrected chi connectivity index (χ0v) is 14.6. The van der Waals surface area contributed by atoms with E-state index in [-0.39, 0.29) is 24.4 Å². The van der Waals surface area contributed by atoms with Crippen molar-refractivity contribution < 1.29 is 14.7 Å². The molecule has 1 saturated heterocycles. The quantitative estimate of drug-likeness (QED) is 0.890. The van der Waals surface area contributed by atoms with Crippen LogP contribution in [-0.2, 0) is 4.79 Å². The second-order valence-electron chi connectivity index (χ2n) is 7.07. The molecule has 1 aliphatic heterocycles. The van der Waals surface area contributed by atoms with E-state index < -0.39 is 11.9 Å². The minimum absolute atomic E-state index is 0.161. The minimum atomic E-state index is -0.850. The first kappa shape index (κ1) is 17.2. The average Bonchev–Trinajstić information content (AvgIpc) is 2.97. The Morgan fingerprint density at radius 1 is 1.28 bits per heavy atom. The van der Waals surface area contributed by atoms with Crippen LogP contribution in [0.3, 0.4) is 0 Å². The number of likely N-dealkylation sites (tertiary alicyclic amines) is 1. The van der Waals surface area contributed by atoms with Crippen LogP contribution in [0.25, 0.3) is 5.65 Å². The van der Waals surface area contributed by atoms with Gasteiger partial charge < -0.3 is 15.3 Å². The molecule has 8 nitrogen and oxygen atoms in total. The predicted octanol–water partition coefficient (Wildman–Crippen LogP) is 2.43. The van der Waals surface area contributed by atoms with Gasteiger partial charge in [-0.05, 0) is 24.5 Å². The maximum atomic E-state index is 12.6. The van der Waals surface area contributed by atoms with E-state index >= 15 is 0 Å². The number of carbonyl (C=O) groups is 2. The summed E-state index contributed by atoms with van der Waals surface area (Å²) in [6, 6.07) is 3.29. The first-order chi connectivity index (χ1) is 11.8. The second kappa shape index (κ2) is 6.70. The molecule has 0 spiro atoms. The maximum absolute atomic E-state index is 12.6. The molecule has 0 bridgehead atoms. The number of fused-ring (bicyclic) bond motifs is 1. The van der Waals surface area contributed by atoms with Crippen LogP contribution in [0.5, 0.6) is 0 Å². The molecule has 2 aromatic rings. The van der Waals surface area contributed by atoms with Crippen molar-refractivity contribution in [2.45, 2.75) is 33.1 Å². The Labute approximate surface area is 145 Å². The zero-order valence-electron chi connectivity index (χ0n) is 14.6. The molecular weight excluding hydrogens is 322 g/mol. The first-order valence-electron chi connectivity index (χ1n) is 8.48. The maximum Gasteiger partial charge on any atom is 0.321 e. The van der Waals surface area contributed by atoms with Gasteiger partial charge in [-0.25, -0.2) is 4.79 Å². The van der Waals surface area contributed by atoms with Crippen molar-refractivity contribution in [1.29, 1.82) is 0 Å². The van der Waals surface area contributed by atoms with Crippen LogP contribution < -0.4 is 5.32 Å². The van der Waals surface area contributed by atoms with Crippen LogP contribution in [0.4, 0.5) is 10.5 Å². The Kier molecular flexibility index (Phi) is 4.61. The molecule has 0 radical (unpaired) electrons. The zero-order chi connectivity index (χ0) is 18.1. The topological polar surface area (TPSA) is 99.8 Å². The summed E-state index contributed by atoms with van der Waals surface area (Å²) in [7, 11) is 0. The van der Waals surface area contributed by atoms with Gasteiger partial charge >= 0.3 is 12.0 Å². The van der Waals surface area contributed by atoms with Crippen molar-refractivity contribution in [1.82, 2.24) is 19.5 Å². The molecule has 2 unspecified atom stereocenters.